The van der Waals surface area contributed by atoms with Crippen LogP contribution in [0, 0.1) is 0 Å². The van der Waals surface area contributed by atoms with E-state index >= 15 is 0 Å². The van der Waals surface area contributed by atoms with Gasteiger partial charge in [-0.2, -0.15) is 0 Å². The number of hydrogen-bond donors (Lipinski definition) is 0. The first-order valence-electron chi connectivity index (χ1n) is 0. The molecule has 0 aliphatic rings. The van der Waals surface area contributed by atoms with Crippen LogP contribution in [0.2, 0.25) is 0 Å². The summed E-state index contributed by atoms with van der Waals surface area (Å²) in [5, 5.41) is 0. The van der Waals surface area contributed by atoms with Gasteiger partial charge in [0.25, 0.3) is 0 Å². The van der Waals surface area contributed by atoms with Crippen molar-refractivity contribution >= 4 is 99.5 Å². The van der Waals surface area contributed by atoms with Crippen molar-refractivity contribution in [2.45, 2.75) is 0 Å². The Kier molecular flexibility index (Phi) is 3750. The van der Waals surface area contributed by atoms with Gasteiger partial charge >= 0.3 is 99.5 Å². The first-order chi connectivity index (χ1) is 0. The van der Waals surface area contributed by atoms with Crippen molar-refractivity contribution in [3.05, 3.63) is 0 Å². The first kappa shape index (κ1) is 256. The molecule has 0 heterocycles. The Labute approximate surface area is 211 Å². The quantitative estimate of drug-likeness (QED) is 0.237. The molecule has 0 aromatic heterocycles. The van der Waals surface area contributed by atoms with Crippen molar-refractivity contribution in [2.75, 3.05) is 0 Å². The molecule has 0 fully saturated rings. The summed E-state index contributed by atoms with van der Waals surface area (Å²) in [5.74, 6) is 0. The Balaban J connectivity index is 0. The van der Waals surface area contributed by atoms with Gasteiger partial charge in [-0.1, -0.05) is 0 Å². The van der Waals surface area contributed by atoms with E-state index in [1.54, 1.807) is 0 Å². The topological polar surface area (TPSA) is 200 Å². The van der Waals surface area contributed by atoms with Crippen LogP contribution in [0.3, 0.4) is 0 Å². The van der Waals surface area contributed by atoms with Crippen LogP contribution in [0.25, 0.3) is 0 Å². The van der Waals surface area contributed by atoms with E-state index in [0.29, 0.717) is 0 Å². The van der Waals surface area contributed by atoms with Gasteiger partial charge in [-0.15, -0.1) is 0 Å². The van der Waals surface area contributed by atoms with E-state index in [1.807, 2.05) is 0 Å². The Morgan fingerprint density at radius 1 is 0.333 bits per heavy atom. The van der Waals surface area contributed by atoms with Crippen LogP contribution < -0.4 is 0 Å². The molecular weight excluding hydrogens is 802 g/mol. The zero-order chi connectivity index (χ0) is 0. The molecule has 0 aliphatic carbocycles. The van der Waals surface area contributed by atoms with Crippen molar-refractivity contribution in [3.63, 3.8) is 0 Å². The van der Waals surface area contributed by atoms with Gasteiger partial charge in [-0.05, 0) is 0 Å². The Morgan fingerprint density at radius 2 is 0.333 bits per heavy atom. The minimum atomic E-state index is 0. The molecule has 0 saturated carbocycles. The molecule has 15 heteroatoms. The van der Waals surface area contributed by atoms with Crippen molar-refractivity contribution in [2.24, 2.45) is 0 Å². The van der Waals surface area contributed by atoms with Gasteiger partial charge < -0.3 is 38.3 Å². The number of rotatable bonds is 0. The van der Waals surface area contributed by atoms with Crippen LogP contribution in [0.5, 0.6) is 0 Å². The van der Waals surface area contributed by atoms with Crippen LogP contribution in [-0.4, -0.2) is 99.5 Å². The predicted octanol–water partition coefficient (Wildman–Crippen LogP) is -2.36. The van der Waals surface area contributed by atoms with E-state index in [4.69, 9.17) is 0 Å². The second-order valence-electron chi connectivity index (χ2n) is 0. The van der Waals surface area contributed by atoms with Crippen molar-refractivity contribution in [1.29, 1.82) is 0 Å². The standard InChI is InChI=1S/2Cu.2In.7O.2Sn.2Ti/q;;2*+3;7*-2;2*+4;;. The van der Waals surface area contributed by atoms with Gasteiger partial charge in [0.1, 0.15) is 0 Å². The van der Waals surface area contributed by atoms with Gasteiger partial charge in [-0.3, -0.25) is 0 Å². The molecule has 0 aliphatic heterocycles. The van der Waals surface area contributed by atoms with Gasteiger partial charge in [0, 0.05) is 77.6 Å². The van der Waals surface area contributed by atoms with E-state index in [-0.39, 0.29) is 215 Å². The molecule has 0 bridgehead atoms. The van der Waals surface area contributed by atoms with Crippen LogP contribution in [0.4, 0.5) is 0 Å². The molecule has 0 atom stereocenters. The maximum absolute atomic E-state index is 0. The van der Waals surface area contributed by atoms with Crippen LogP contribution in [-0.2, 0) is 116 Å². The van der Waals surface area contributed by atoms with Gasteiger partial charge in [-0.25, -0.2) is 0 Å². The summed E-state index contributed by atoms with van der Waals surface area (Å²) >= 11 is 0. The molecule has 0 aromatic rings. The van der Waals surface area contributed by atoms with Crippen LogP contribution in [0.1, 0.15) is 0 Å². The van der Waals surface area contributed by atoms with E-state index in [9.17, 15) is 0 Å². The maximum Gasteiger partial charge on any atom is 4.00 e. The smallest absolute Gasteiger partial charge is 2.00 e. The summed E-state index contributed by atoms with van der Waals surface area (Å²) in [7, 11) is 0. The monoisotopic (exact) mass is 803 g/mol. The normalized spacial score (nSPS) is 0. The molecule has 0 aromatic carbocycles. The minimum absolute atomic E-state index is 0. The molecule has 0 spiro atoms. The summed E-state index contributed by atoms with van der Waals surface area (Å²) in [6.07, 6.45) is 0. The molecule has 0 amide bonds. The molecule has 15 heavy (non-hydrogen) atoms. The van der Waals surface area contributed by atoms with Gasteiger partial charge in [0.05, 0.1) is 0 Å². The summed E-state index contributed by atoms with van der Waals surface area (Å²) in [4.78, 5) is 0. The Bertz CT molecular complexity index is 31.0. The molecule has 0 N–H and O–H groups in total. The predicted molar refractivity (Wildman–Crippen MR) is 27.8 cm³/mol. The molecule has 0 unspecified atom stereocenters. The van der Waals surface area contributed by atoms with E-state index in [2.05, 4.69) is 0 Å². The fourth-order valence-corrected chi connectivity index (χ4v) is 0. The van der Waals surface area contributed by atoms with Crippen molar-refractivity contribution in [3.8, 4) is 0 Å². The third-order valence-corrected chi connectivity index (χ3v) is 0. The van der Waals surface area contributed by atoms with E-state index in [1.165, 1.54) is 0 Å². The molecule has 86 valence electrons. The second kappa shape index (κ2) is 219. The second-order valence-corrected chi connectivity index (χ2v) is 0. The summed E-state index contributed by atoms with van der Waals surface area (Å²) < 4.78 is 0. The SMILES string of the molecule is [Cu].[Cu].[In+3].[In+3].[O-2].[O-2].[O-2].[O-2].[O-2].[O-2].[O-2].[Sn+4].[Sn+4].[Ti].[Ti]. The molecular formula is Cu2In2O7Sn2Ti2. The summed E-state index contributed by atoms with van der Waals surface area (Å²) in [5.41, 5.74) is 0. The Morgan fingerprint density at radius 3 is 0.333 bits per heavy atom. The van der Waals surface area contributed by atoms with Crippen LogP contribution in [0.15, 0.2) is 0 Å². The summed E-state index contributed by atoms with van der Waals surface area (Å²) in [6, 6.07) is 0. The molecule has 2 radical (unpaired) electrons. The van der Waals surface area contributed by atoms with E-state index < -0.39 is 0 Å². The zero-order valence-corrected chi connectivity index (χ0v) is 23.9. The average Bonchev–Trinajstić information content (AvgIpc) is 0. The van der Waals surface area contributed by atoms with Gasteiger partial charge in [0.2, 0.25) is 0 Å². The van der Waals surface area contributed by atoms with Gasteiger partial charge in [0.15, 0.2) is 0 Å². The maximum atomic E-state index is 0. The van der Waals surface area contributed by atoms with Crippen molar-refractivity contribution in [1.82, 2.24) is 0 Å². The minimum Gasteiger partial charge on any atom is -2.00 e. The molecule has 7 nitrogen and oxygen atoms in total. The fraction of sp³-hybridized carbons (Fsp3) is 0. The third kappa shape index (κ3) is 196. The average molecular weight is 802 g/mol. The number of hydrogen-bond acceptors (Lipinski definition) is 0. The zero-order valence-electron chi connectivity index (χ0n) is 6.62. The molecule has 0 saturated heterocycles. The van der Waals surface area contributed by atoms with E-state index in [0.717, 1.165) is 0 Å². The van der Waals surface area contributed by atoms with Crippen LogP contribution >= 0.6 is 0 Å². The third-order valence-electron chi connectivity index (χ3n) is 0. The first-order valence-corrected chi connectivity index (χ1v) is 0. The Hall–Kier alpha value is 5.53. The van der Waals surface area contributed by atoms with Crippen molar-refractivity contribution < 1.29 is 116 Å². The molecule has 0 rings (SSSR count). The largest absolute Gasteiger partial charge is 4.00 e. The summed E-state index contributed by atoms with van der Waals surface area (Å²) in [6.45, 7) is 0. The fourth-order valence-electron chi connectivity index (χ4n) is 0.